The number of unbranched alkanes of at least 4 members (excludes halogenated alkanes) is 9. The molecule has 3 N–H and O–H groups in total. The number of terminal acetylenes is 3. The molecule has 23 nitrogen and oxygen atoms in total. The van der Waals surface area contributed by atoms with Crippen LogP contribution in [0.3, 0.4) is 0 Å². The molecule has 0 heterocycles. The van der Waals surface area contributed by atoms with Crippen molar-refractivity contribution in [2.75, 3.05) is 26.4 Å². The van der Waals surface area contributed by atoms with Crippen LogP contribution in [0.25, 0.3) is 0 Å². The van der Waals surface area contributed by atoms with Gasteiger partial charge in [0.25, 0.3) is 0 Å². The van der Waals surface area contributed by atoms with Crippen LogP contribution in [0.5, 0.6) is 17.2 Å². The number of carbonyl (C=O) groups excluding carboxylic acids is 9. The Balaban J connectivity index is 0.000000182. The molecule has 23 heteroatoms. The fourth-order valence-electron chi connectivity index (χ4n) is 22.9. The molecule has 9 fully saturated rings. The number of carbonyl (C=O) groups is 11. The van der Waals surface area contributed by atoms with Crippen molar-refractivity contribution in [3.05, 3.63) is 221 Å². The van der Waals surface area contributed by atoms with Gasteiger partial charge in [0, 0.05) is 55.8 Å². The zero-order valence-corrected chi connectivity index (χ0v) is 83.5. The zero-order chi connectivity index (χ0) is 102. The summed E-state index contributed by atoms with van der Waals surface area (Å²) >= 11 is 0. The molecule has 143 heavy (non-hydrogen) atoms. The average molecular weight is 1950 g/mol. The number of hydrogen-bond donors (Lipinski definition) is 3. The number of aryl methyl sites for hydroxylation is 3. The van der Waals surface area contributed by atoms with Crippen LogP contribution in [0.15, 0.2) is 171 Å². The first-order chi connectivity index (χ1) is 69.2. The maximum atomic E-state index is 13.3. The lowest BCUT2D eigenvalue weighted by Gasteiger charge is -2.35. The summed E-state index contributed by atoms with van der Waals surface area (Å²) in [5.74, 6) is 5.50. The highest BCUT2D eigenvalue weighted by molar-refractivity contribution is 5.92. The van der Waals surface area contributed by atoms with E-state index in [0.29, 0.717) is 186 Å². The molecule has 6 bridgehead atoms. The molecule has 0 spiro atoms. The largest absolute Gasteiger partial charge is 0.481 e. The lowest BCUT2D eigenvalue weighted by molar-refractivity contribution is -0.152. The molecule has 0 saturated heterocycles. The van der Waals surface area contributed by atoms with E-state index in [4.69, 9.17) is 77.2 Å². The Bertz CT molecular complexity index is 5200. The lowest BCUT2D eigenvalue weighted by atomic mass is 9.76. The second-order valence-electron chi connectivity index (χ2n) is 40.6. The summed E-state index contributed by atoms with van der Waals surface area (Å²) in [6.45, 7) is 14.7. The van der Waals surface area contributed by atoms with Gasteiger partial charge in [-0.1, -0.05) is 150 Å². The third-order valence-electron chi connectivity index (χ3n) is 31.3. The third-order valence-corrected chi connectivity index (χ3v) is 31.3. The molecule has 0 aliphatic heterocycles. The minimum absolute atomic E-state index is 0.122. The molecule has 6 aromatic carbocycles. The highest BCUT2D eigenvalue weighted by Crippen LogP contribution is 2.62. The summed E-state index contributed by atoms with van der Waals surface area (Å²) < 4.78 is 50.0. The highest BCUT2D eigenvalue weighted by Gasteiger charge is 2.60. The van der Waals surface area contributed by atoms with E-state index in [9.17, 15) is 52.7 Å². The van der Waals surface area contributed by atoms with Gasteiger partial charge in [-0.2, -0.15) is 0 Å². The first-order valence-corrected chi connectivity index (χ1v) is 52.4. The predicted octanol–water partition coefficient (Wildman–Crippen LogP) is 22.7. The van der Waals surface area contributed by atoms with Gasteiger partial charge in [0.15, 0.2) is 16.8 Å². The van der Waals surface area contributed by atoms with Crippen molar-refractivity contribution in [1.82, 2.24) is 0 Å². The van der Waals surface area contributed by atoms with E-state index in [2.05, 4.69) is 124 Å². The number of esters is 9. The summed E-state index contributed by atoms with van der Waals surface area (Å²) in [7, 11) is 0. The van der Waals surface area contributed by atoms with Crippen molar-refractivity contribution >= 4 is 65.7 Å². The van der Waals surface area contributed by atoms with Gasteiger partial charge in [0.05, 0.1) is 72.0 Å². The minimum atomic E-state index is -0.903. The van der Waals surface area contributed by atoms with Crippen molar-refractivity contribution in [2.24, 2.45) is 71.0 Å². The summed E-state index contributed by atoms with van der Waals surface area (Å²) in [5.41, 5.74) is 6.58. The predicted molar refractivity (Wildman–Crippen MR) is 542 cm³/mol. The molecule has 9 aliphatic carbocycles. The molecule has 6 aromatic rings. The van der Waals surface area contributed by atoms with Gasteiger partial charge < -0.3 is 58.0 Å². The van der Waals surface area contributed by atoms with E-state index in [1.807, 2.05) is 0 Å². The van der Waals surface area contributed by atoms with E-state index < -0.39 is 52.6 Å². The van der Waals surface area contributed by atoms with Gasteiger partial charge in [-0.15, -0.1) is 19.3 Å². The summed E-state index contributed by atoms with van der Waals surface area (Å²) in [5, 5.41) is 26.7. The fraction of sp³-hybridized carbons (Fsp3) is 0.525. The first kappa shape index (κ1) is 109. The standard InChI is InChI=1S/C43H52O8.2C34H38O6.C9H16O3/c1-4-7-12-30-13-15-31(16-14-30)38-28-36-27-35(38)29-43(36,6-3)51-42(47)34-21-23-37(24-22-34)50-41(46)33-19-17-32(18-20-33)40(45)49-26-11-9-8-10-25-48-39(44)5-2;2*1-3-5-6-22-7-9-23(10-8-22)30-20-28-19-27(30)21-34(28,4-2)40-33(38)26-15-17-29(18-16-26)39-32(37)25-13-11-24(12-14-25)31(35)36;1-2-9(11)12-8-6-4-3-5-7-10/h3,5,13-16,21-24,32-33,35-36,38H,2,4,7-12,17-20,25-29H2,1H3;2*2,7-10,15-18,24-25,27-28,30H,3,5-6,11-14,19-21H2,1H3,(H,35,36);2,10H,1,3-8H2. The number of aliphatic hydroxyl groups is 1. The van der Waals surface area contributed by atoms with Crippen molar-refractivity contribution in [3.63, 3.8) is 0 Å². The Morgan fingerprint density at radius 1 is 0.336 bits per heavy atom. The highest BCUT2D eigenvalue weighted by atomic mass is 16.6. The van der Waals surface area contributed by atoms with Crippen molar-refractivity contribution in [2.45, 2.75) is 299 Å². The van der Waals surface area contributed by atoms with Crippen LogP contribution in [0.2, 0.25) is 0 Å². The van der Waals surface area contributed by atoms with Crippen molar-refractivity contribution < 1.29 is 111 Å². The lowest BCUT2D eigenvalue weighted by Crippen LogP contribution is -2.40. The summed E-state index contributed by atoms with van der Waals surface area (Å²) in [4.78, 5) is 134. The van der Waals surface area contributed by atoms with Gasteiger partial charge in [0.1, 0.15) is 17.2 Å². The maximum Gasteiger partial charge on any atom is 0.339 e. The number of rotatable bonds is 42. The van der Waals surface area contributed by atoms with Crippen LogP contribution in [-0.4, -0.2) is 124 Å². The van der Waals surface area contributed by atoms with Crippen LogP contribution in [-0.2, 0) is 86.0 Å². The zero-order valence-electron chi connectivity index (χ0n) is 83.5. The fourth-order valence-corrected chi connectivity index (χ4v) is 22.9. The molecule has 9 saturated carbocycles. The number of fused-ring (bicyclic) bond motifs is 6. The molecule has 12 unspecified atom stereocenters. The van der Waals surface area contributed by atoms with Crippen LogP contribution in [0.4, 0.5) is 0 Å². The number of carboxylic acids is 2. The molecule has 0 radical (unpaired) electrons. The van der Waals surface area contributed by atoms with Crippen LogP contribution < -0.4 is 14.2 Å². The van der Waals surface area contributed by atoms with E-state index in [1.165, 1.54) is 71.9 Å². The molecule has 762 valence electrons. The number of carboxylic acid groups (broad SMARTS) is 2. The van der Waals surface area contributed by atoms with Gasteiger partial charge in [0.2, 0.25) is 0 Å². The van der Waals surface area contributed by atoms with E-state index >= 15 is 0 Å². The van der Waals surface area contributed by atoms with Gasteiger partial charge in [-0.05, 0) is 341 Å². The van der Waals surface area contributed by atoms with Crippen molar-refractivity contribution in [1.29, 1.82) is 0 Å². The number of hydrogen-bond acceptors (Lipinski definition) is 21. The maximum absolute atomic E-state index is 13.3. The third kappa shape index (κ3) is 29.9. The Labute approximate surface area is 843 Å². The van der Waals surface area contributed by atoms with Crippen LogP contribution in [0, 0.1) is 108 Å². The first-order valence-electron chi connectivity index (χ1n) is 52.4. The number of aliphatic hydroxyl groups excluding tert-OH is 1. The Hall–Kier alpha value is -12.4. The molecule has 9 aliphatic rings. The summed E-state index contributed by atoms with van der Waals surface area (Å²) in [6.07, 6.45) is 51.5. The number of benzene rings is 6. The van der Waals surface area contributed by atoms with Crippen LogP contribution >= 0.6 is 0 Å². The summed E-state index contributed by atoms with van der Waals surface area (Å²) in [6, 6.07) is 46.2. The molecular formula is C120H144O23. The number of aliphatic carboxylic acids is 2. The molecule has 12 atom stereocenters. The Morgan fingerprint density at radius 2 is 0.594 bits per heavy atom. The van der Waals surface area contributed by atoms with Gasteiger partial charge in [-0.3, -0.25) is 28.8 Å². The topological polar surface area (TPSA) is 332 Å². The van der Waals surface area contributed by atoms with Crippen LogP contribution in [0.1, 0.15) is 328 Å². The van der Waals surface area contributed by atoms with E-state index in [0.717, 1.165) is 121 Å². The average Bonchev–Trinajstić information content (AvgIpc) is 1.60. The Kier molecular flexibility index (Phi) is 41.2. The smallest absolute Gasteiger partial charge is 0.339 e. The van der Waals surface area contributed by atoms with Crippen molar-refractivity contribution in [3.8, 4) is 54.3 Å². The molecule has 0 aromatic heterocycles. The van der Waals surface area contributed by atoms with E-state index in [-0.39, 0.29) is 89.7 Å². The normalized spacial score (nSPS) is 25.9. The number of ether oxygens (including phenoxy) is 9. The minimum Gasteiger partial charge on any atom is -0.481 e. The second-order valence-corrected chi connectivity index (χ2v) is 40.6. The SMILES string of the molecule is C#CC1(OC(=O)c2ccc(OC(=O)C3CCC(C(=O)O)CC3)cc2)CC2CC1CC2c1ccc(CCCC)cc1.C#CC1(OC(=O)c2ccc(OC(=O)C3CCC(C(=O)O)CC3)cc2)CC2CC1CC2c1ccc(CCCC)cc1.C#CC1(OC(=O)c2ccc(OC(=O)C3CCC(C(=O)OCCCCCCOC(=O)C=C)CC3)cc2)CC2CC1CC2c1ccc(CCCC)cc1.C=CC(=O)OCCCCCCO. The second kappa shape index (κ2) is 53.8. The van der Waals surface area contributed by atoms with Gasteiger partial charge >= 0.3 is 65.7 Å². The van der Waals surface area contributed by atoms with E-state index in [1.54, 1.807) is 72.8 Å². The quantitative estimate of drug-likeness (QED) is 0.00800. The Morgan fingerprint density at radius 3 is 0.832 bits per heavy atom. The van der Waals surface area contributed by atoms with Gasteiger partial charge in [-0.25, -0.2) is 24.0 Å². The molecule has 0 amide bonds. The monoisotopic (exact) mass is 1950 g/mol. The molecular weight excluding hydrogens is 1810 g/mol. The molecule has 15 rings (SSSR count).